The predicted octanol–water partition coefficient (Wildman–Crippen LogP) is 5.52. The third-order valence-electron chi connectivity index (χ3n) is 3.79. The molecule has 2 unspecified atom stereocenters. The van der Waals surface area contributed by atoms with Crippen molar-refractivity contribution in [2.24, 2.45) is 23.2 Å². The van der Waals surface area contributed by atoms with E-state index >= 15 is 0 Å². The van der Waals surface area contributed by atoms with Gasteiger partial charge in [-0.15, -0.1) is 0 Å². The third kappa shape index (κ3) is 7.88. The van der Waals surface area contributed by atoms with E-state index in [1.165, 1.54) is 25.7 Å². The molecule has 0 heteroatoms. The summed E-state index contributed by atoms with van der Waals surface area (Å²) in [6, 6.07) is 0. The van der Waals surface area contributed by atoms with Crippen LogP contribution in [-0.4, -0.2) is 0 Å². The summed E-state index contributed by atoms with van der Waals surface area (Å²) in [5, 5.41) is 0. The van der Waals surface area contributed by atoms with Crippen LogP contribution in [0.2, 0.25) is 0 Å². The van der Waals surface area contributed by atoms with Crippen molar-refractivity contribution in [3.8, 4) is 0 Å². The molecular formula is C15H32. The van der Waals surface area contributed by atoms with Gasteiger partial charge in [-0.05, 0) is 29.6 Å². The SMILES string of the molecule is CC(C)C(C)C(C)CCCCC(C)(C)C. The monoisotopic (exact) mass is 212 g/mol. The standard InChI is InChI=1S/C15H32/c1-12(2)14(4)13(3)10-8-9-11-15(5,6)7/h12-14H,8-11H2,1-7H3. The summed E-state index contributed by atoms with van der Waals surface area (Å²) in [5.74, 6) is 2.60. The van der Waals surface area contributed by atoms with Gasteiger partial charge in [0, 0.05) is 0 Å². The molecule has 0 aliphatic rings. The molecule has 0 aromatic heterocycles. The lowest BCUT2D eigenvalue weighted by Gasteiger charge is -2.24. The zero-order valence-electron chi connectivity index (χ0n) is 12.1. The lowest BCUT2D eigenvalue weighted by molar-refractivity contribution is 0.268. The average molecular weight is 212 g/mol. The van der Waals surface area contributed by atoms with E-state index in [9.17, 15) is 0 Å². The van der Waals surface area contributed by atoms with Crippen molar-refractivity contribution >= 4 is 0 Å². The molecule has 0 bridgehead atoms. The molecule has 0 radical (unpaired) electrons. The van der Waals surface area contributed by atoms with Crippen molar-refractivity contribution in [2.45, 2.75) is 74.1 Å². The van der Waals surface area contributed by atoms with Crippen molar-refractivity contribution in [1.82, 2.24) is 0 Å². The first-order valence-corrected chi connectivity index (χ1v) is 6.74. The molecule has 0 rings (SSSR count). The van der Waals surface area contributed by atoms with Gasteiger partial charge in [-0.3, -0.25) is 0 Å². The molecule has 0 fully saturated rings. The Kier molecular flexibility index (Phi) is 6.55. The molecule has 0 spiro atoms. The van der Waals surface area contributed by atoms with Crippen molar-refractivity contribution in [2.75, 3.05) is 0 Å². The minimum Gasteiger partial charge on any atom is -0.0625 e. The maximum absolute atomic E-state index is 2.42. The molecule has 0 aromatic carbocycles. The van der Waals surface area contributed by atoms with E-state index in [1.54, 1.807) is 0 Å². The maximum atomic E-state index is 2.42. The lowest BCUT2D eigenvalue weighted by atomic mass is 9.82. The quantitative estimate of drug-likeness (QED) is 0.508. The van der Waals surface area contributed by atoms with Gasteiger partial charge in [0.15, 0.2) is 0 Å². The predicted molar refractivity (Wildman–Crippen MR) is 71.1 cm³/mol. The highest BCUT2D eigenvalue weighted by Gasteiger charge is 2.16. The van der Waals surface area contributed by atoms with Crippen LogP contribution < -0.4 is 0 Å². The second-order valence-electron chi connectivity index (χ2n) is 6.89. The number of rotatable bonds is 6. The molecule has 0 N–H and O–H groups in total. The van der Waals surface area contributed by atoms with Crippen LogP contribution in [0.4, 0.5) is 0 Å². The molecule has 0 aliphatic carbocycles. The molecular weight excluding hydrogens is 180 g/mol. The Labute approximate surface area is 97.8 Å². The van der Waals surface area contributed by atoms with E-state index in [2.05, 4.69) is 48.5 Å². The van der Waals surface area contributed by atoms with E-state index in [0.29, 0.717) is 5.41 Å². The second kappa shape index (κ2) is 6.55. The highest BCUT2D eigenvalue weighted by atomic mass is 14.2. The van der Waals surface area contributed by atoms with E-state index in [-0.39, 0.29) is 0 Å². The Balaban J connectivity index is 3.60. The summed E-state index contributed by atoms with van der Waals surface area (Å²) in [6.45, 7) is 16.5. The van der Waals surface area contributed by atoms with Crippen LogP contribution in [0.3, 0.4) is 0 Å². The summed E-state index contributed by atoms with van der Waals surface area (Å²) in [5.41, 5.74) is 0.521. The summed E-state index contributed by atoms with van der Waals surface area (Å²) in [7, 11) is 0. The Morgan fingerprint density at radius 3 is 1.80 bits per heavy atom. The molecule has 0 aliphatic heterocycles. The van der Waals surface area contributed by atoms with Crippen molar-refractivity contribution in [1.29, 1.82) is 0 Å². The van der Waals surface area contributed by atoms with Crippen LogP contribution in [0.15, 0.2) is 0 Å². The number of hydrogen-bond acceptors (Lipinski definition) is 0. The van der Waals surface area contributed by atoms with Gasteiger partial charge >= 0.3 is 0 Å². The summed E-state index contributed by atoms with van der Waals surface area (Å²) in [6.07, 6.45) is 5.60. The lowest BCUT2D eigenvalue weighted by Crippen LogP contribution is -2.14. The highest BCUT2D eigenvalue weighted by molar-refractivity contribution is 4.67. The summed E-state index contributed by atoms with van der Waals surface area (Å²) >= 11 is 0. The van der Waals surface area contributed by atoms with E-state index in [0.717, 1.165) is 17.8 Å². The van der Waals surface area contributed by atoms with Crippen molar-refractivity contribution in [3.05, 3.63) is 0 Å². The minimum atomic E-state index is 0.521. The molecule has 0 saturated carbocycles. The van der Waals surface area contributed by atoms with E-state index in [1.807, 2.05) is 0 Å². The Morgan fingerprint density at radius 1 is 0.867 bits per heavy atom. The minimum absolute atomic E-state index is 0.521. The topological polar surface area (TPSA) is 0 Å². The van der Waals surface area contributed by atoms with Gasteiger partial charge in [-0.2, -0.15) is 0 Å². The molecule has 0 nitrogen and oxygen atoms in total. The number of unbranched alkanes of at least 4 members (excludes halogenated alkanes) is 1. The normalized spacial score (nSPS) is 16.8. The van der Waals surface area contributed by atoms with Crippen LogP contribution in [0.1, 0.15) is 74.1 Å². The van der Waals surface area contributed by atoms with Crippen LogP contribution >= 0.6 is 0 Å². The van der Waals surface area contributed by atoms with Gasteiger partial charge in [0.25, 0.3) is 0 Å². The van der Waals surface area contributed by atoms with Crippen molar-refractivity contribution in [3.63, 3.8) is 0 Å². The fourth-order valence-corrected chi connectivity index (χ4v) is 2.04. The fourth-order valence-electron chi connectivity index (χ4n) is 2.04. The van der Waals surface area contributed by atoms with Gasteiger partial charge in [0.1, 0.15) is 0 Å². The molecule has 0 aromatic rings. The zero-order chi connectivity index (χ0) is 12.1. The molecule has 0 amide bonds. The number of hydrogen-bond donors (Lipinski definition) is 0. The Bertz CT molecular complexity index is 150. The fraction of sp³-hybridized carbons (Fsp3) is 1.00. The molecule has 15 heavy (non-hydrogen) atoms. The summed E-state index contributed by atoms with van der Waals surface area (Å²) < 4.78 is 0. The average Bonchev–Trinajstić information content (AvgIpc) is 2.09. The maximum Gasteiger partial charge on any atom is -0.0383 e. The van der Waals surface area contributed by atoms with Gasteiger partial charge in [0.2, 0.25) is 0 Å². The zero-order valence-corrected chi connectivity index (χ0v) is 12.1. The molecule has 0 heterocycles. The van der Waals surface area contributed by atoms with E-state index in [4.69, 9.17) is 0 Å². The van der Waals surface area contributed by atoms with Crippen LogP contribution in [-0.2, 0) is 0 Å². The van der Waals surface area contributed by atoms with Gasteiger partial charge < -0.3 is 0 Å². The molecule has 2 atom stereocenters. The van der Waals surface area contributed by atoms with Gasteiger partial charge in [-0.25, -0.2) is 0 Å². The van der Waals surface area contributed by atoms with Crippen LogP contribution in [0.25, 0.3) is 0 Å². The van der Waals surface area contributed by atoms with Gasteiger partial charge in [0.05, 0.1) is 0 Å². The highest BCUT2D eigenvalue weighted by Crippen LogP contribution is 2.27. The summed E-state index contributed by atoms with van der Waals surface area (Å²) in [4.78, 5) is 0. The molecule has 92 valence electrons. The second-order valence-corrected chi connectivity index (χ2v) is 6.89. The first kappa shape index (κ1) is 15.0. The Morgan fingerprint density at radius 2 is 1.40 bits per heavy atom. The molecule has 0 saturated heterocycles. The first-order valence-electron chi connectivity index (χ1n) is 6.74. The smallest absolute Gasteiger partial charge is 0.0383 e. The largest absolute Gasteiger partial charge is 0.0625 e. The third-order valence-corrected chi connectivity index (χ3v) is 3.79. The van der Waals surface area contributed by atoms with Crippen molar-refractivity contribution < 1.29 is 0 Å². The van der Waals surface area contributed by atoms with Crippen LogP contribution in [0, 0.1) is 23.2 Å². The van der Waals surface area contributed by atoms with Gasteiger partial charge in [-0.1, -0.05) is 67.7 Å². The Hall–Kier alpha value is 0. The first-order chi connectivity index (χ1) is 6.74. The van der Waals surface area contributed by atoms with Crippen LogP contribution in [0.5, 0.6) is 0 Å². The van der Waals surface area contributed by atoms with E-state index < -0.39 is 0 Å².